The standard InChI is InChI=1S/C13H16O3/c1-9-4-5-11(3)12(6-9)16-8-10(2)7-13(14)15/h4-7H,8H2,1-3H3,(H,14,15). The summed E-state index contributed by atoms with van der Waals surface area (Å²) in [6, 6.07) is 5.95. The molecule has 1 aromatic carbocycles. The van der Waals surface area contributed by atoms with Gasteiger partial charge >= 0.3 is 5.97 Å². The molecule has 1 aromatic rings. The van der Waals surface area contributed by atoms with Crippen LogP contribution in [0.15, 0.2) is 29.8 Å². The predicted molar refractivity (Wildman–Crippen MR) is 62.8 cm³/mol. The lowest BCUT2D eigenvalue weighted by molar-refractivity contribution is -0.131. The monoisotopic (exact) mass is 220 g/mol. The Kier molecular flexibility index (Phi) is 4.11. The molecule has 0 saturated heterocycles. The van der Waals surface area contributed by atoms with Gasteiger partial charge in [0.1, 0.15) is 12.4 Å². The second-order valence-corrected chi connectivity index (χ2v) is 3.89. The summed E-state index contributed by atoms with van der Waals surface area (Å²) in [7, 11) is 0. The molecule has 0 fully saturated rings. The molecule has 0 aliphatic carbocycles. The van der Waals surface area contributed by atoms with Crippen molar-refractivity contribution < 1.29 is 14.6 Å². The molecule has 0 radical (unpaired) electrons. The fraction of sp³-hybridized carbons (Fsp3) is 0.308. The van der Waals surface area contributed by atoms with E-state index < -0.39 is 5.97 Å². The van der Waals surface area contributed by atoms with Crippen molar-refractivity contribution in [2.45, 2.75) is 20.8 Å². The molecule has 3 nitrogen and oxygen atoms in total. The molecule has 16 heavy (non-hydrogen) atoms. The SMILES string of the molecule is CC(=CC(=O)O)COc1cc(C)ccc1C. The number of benzene rings is 1. The number of carboxylic acids is 1. The fourth-order valence-electron chi connectivity index (χ4n) is 1.31. The van der Waals surface area contributed by atoms with Gasteiger partial charge in [-0.2, -0.15) is 0 Å². The minimum absolute atomic E-state index is 0.302. The third-order valence-electron chi connectivity index (χ3n) is 2.17. The molecule has 0 saturated carbocycles. The highest BCUT2D eigenvalue weighted by molar-refractivity contribution is 5.80. The van der Waals surface area contributed by atoms with Crippen LogP contribution >= 0.6 is 0 Å². The molecule has 0 aliphatic heterocycles. The van der Waals surface area contributed by atoms with Crippen molar-refractivity contribution in [3.8, 4) is 5.75 Å². The molecule has 0 atom stereocenters. The summed E-state index contributed by atoms with van der Waals surface area (Å²) in [5.41, 5.74) is 2.86. The molecule has 0 spiro atoms. The van der Waals surface area contributed by atoms with Gasteiger partial charge in [-0.25, -0.2) is 4.79 Å². The highest BCUT2D eigenvalue weighted by atomic mass is 16.5. The Bertz CT molecular complexity index is 419. The van der Waals surface area contributed by atoms with Gasteiger partial charge in [0.05, 0.1) is 0 Å². The Hall–Kier alpha value is -1.77. The molecule has 0 aliphatic rings. The zero-order chi connectivity index (χ0) is 12.1. The fourth-order valence-corrected chi connectivity index (χ4v) is 1.31. The highest BCUT2D eigenvalue weighted by Crippen LogP contribution is 2.19. The lowest BCUT2D eigenvalue weighted by Gasteiger charge is -2.09. The maximum Gasteiger partial charge on any atom is 0.328 e. The molecule has 0 heterocycles. The quantitative estimate of drug-likeness (QED) is 0.793. The van der Waals surface area contributed by atoms with E-state index >= 15 is 0 Å². The van der Waals surface area contributed by atoms with E-state index in [0.29, 0.717) is 12.2 Å². The van der Waals surface area contributed by atoms with Gasteiger partial charge in [0.2, 0.25) is 0 Å². The van der Waals surface area contributed by atoms with Crippen LogP contribution in [-0.4, -0.2) is 17.7 Å². The molecule has 1 N–H and O–H groups in total. The van der Waals surface area contributed by atoms with E-state index in [1.165, 1.54) is 0 Å². The van der Waals surface area contributed by atoms with Gasteiger partial charge in [0, 0.05) is 6.08 Å². The van der Waals surface area contributed by atoms with Crippen molar-refractivity contribution in [2.24, 2.45) is 0 Å². The predicted octanol–water partition coefficient (Wildman–Crippen LogP) is 2.71. The van der Waals surface area contributed by atoms with Crippen LogP contribution in [-0.2, 0) is 4.79 Å². The first kappa shape index (κ1) is 12.3. The number of ether oxygens (including phenoxy) is 1. The number of aryl methyl sites for hydroxylation is 2. The number of carbonyl (C=O) groups is 1. The largest absolute Gasteiger partial charge is 0.489 e. The topological polar surface area (TPSA) is 46.5 Å². The number of rotatable bonds is 4. The van der Waals surface area contributed by atoms with Crippen LogP contribution in [0.2, 0.25) is 0 Å². The summed E-state index contributed by atoms with van der Waals surface area (Å²) in [5, 5.41) is 8.55. The number of hydrogen-bond acceptors (Lipinski definition) is 2. The average molecular weight is 220 g/mol. The van der Waals surface area contributed by atoms with Crippen LogP contribution in [0.1, 0.15) is 18.1 Å². The maximum absolute atomic E-state index is 10.4. The molecular weight excluding hydrogens is 204 g/mol. The summed E-state index contributed by atoms with van der Waals surface area (Å²) >= 11 is 0. The Morgan fingerprint density at radius 2 is 2.12 bits per heavy atom. The zero-order valence-corrected chi connectivity index (χ0v) is 9.78. The lowest BCUT2D eigenvalue weighted by Crippen LogP contribution is -2.02. The average Bonchev–Trinajstić information content (AvgIpc) is 2.18. The number of hydrogen-bond donors (Lipinski definition) is 1. The Labute approximate surface area is 95.4 Å². The van der Waals surface area contributed by atoms with Crippen molar-refractivity contribution >= 4 is 5.97 Å². The van der Waals surface area contributed by atoms with E-state index in [1.54, 1.807) is 6.92 Å². The van der Waals surface area contributed by atoms with E-state index in [4.69, 9.17) is 9.84 Å². The van der Waals surface area contributed by atoms with Crippen LogP contribution in [0.5, 0.6) is 5.75 Å². The van der Waals surface area contributed by atoms with Crippen LogP contribution in [0, 0.1) is 13.8 Å². The van der Waals surface area contributed by atoms with E-state index in [2.05, 4.69) is 0 Å². The highest BCUT2D eigenvalue weighted by Gasteiger charge is 2.01. The van der Waals surface area contributed by atoms with Crippen molar-refractivity contribution in [1.82, 2.24) is 0 Å². The first-order valence-electron chi connectivity index (χ1n) is 5.09. The summed E-state index contributed by atoms with van der Waals surface area (Å²) in [4.78, 5) is 10.4. The summed E-state index contributed by atoms with van der Waals surface area (Å²) in [6.07, 6.45) is 1.16. The summed E-state index contributed by atoms with van der Waals surface area (Å²) in [5.74, 6) is -0.139. The van der Waals surface area contributed by atoms with Crippen LogP contribution in [0.3, 0.4) is 0 Å². The Morgan fingerprint density at radius 3 is 2.75 bits per heavy atom. The van der Waals surface area contributed by atoms with Gasteiger partial charge in [-0.3, -0.25) is 0 Å². The van der Waals surface area contributed by atoms with Gasteiger partial charge < -0.3 is 9.84 Å². The van der Waals surface area contributed by atoms with Crippen molar-refractivity contribution in [3.05, 3.63) is 41.0 Å². The van der Waals surface area contributed by atoms with Crippen molar-refractivity contribution in [2.75, 3.05) is 6.61 Å². The van der Waals surface area contributed by atoms with E-state index in [-0.39, 0.29) is 0 Å². The first-order chi connectivity index (χ1) is 7.49. The van der Waals surface area contributed by atoms with E-state index in [0.717, 1.165) is 23.0 Å². The third kappa shape index (κ3) is 3.77. The first-order valence-corrected chi connectivity index (χ1v) is 5.09. The second kappa shape index (κ2) is 5.35. The van der Waals surface area contributed by atoms with Crippen molar-refractivity contribution in [1.29, 1.82) is 0 Å². The van der Waals surface area contributed by atoms with Crippen LogP contribution in [0.25, 0.3) is 0 Å². The van der Waals surface area contributed by atoms with Gasteiger partial charge in [-0.1, -0.05) is 12.1 Å². The van der Waals surface area contributed by atoms with Gasteiger partial charge in [0.25, 0.3) is 0 Å². The van der Waals surface area contributed by atoms with E-state index in [1.807, 2.05) is 32.0 Å². The lowest BCUT2D eigenvalue weighted by atomic mass is 10.1. The zero-order valence-electron chi connectivity index (χ0n) is 9.78. The molecule has 0 aromatic heterocycles. The Balaban J connectivity index is 2.68. The summed E-state index contributed by atoms with van der Waals surface area (Å²) in [6.45, 7) is 5.99. The maximum atomic E-state index is 10.4. The Morgan fingerprint density at radius 1 is 1.44 bits per heavy atom. The van der Waals surface area contributed by atoms with Gasteiger partial charge in [-0.05, 0) is 43.5 Å². The number of aliphatic carboxylic acids is 1. The number of carboxylic acid groups (broad SMARTS) is 1. The summed E-state index contributed by atoms with van der Waals surface area (Å²) < 4.78 is 5.55. The smallest absolute Gasteiger partial charge is 0.328 e. The van der Waals surface area contributed by atoms with Crippen LogP contribution < -0.4 is 4.74 Å². The molecule has 0 bridgehead atoms. The molecular formula is C13H16O3. The van der Waals surface area contributed by atoms with Crippen LogP contribution in [0.4, 0.5) is 0 Å². The van der Waals surface area contributed by atoms with Gasteiger partial charge in [0.15, 0.2) is 0 Å². The van der Waals surface area contributed by atoms with Gasteiger partial charge in [-0.15, -0.1) is 0 Å². The molecule has 0 unspecified atom stereocenters. The third-order valence-corrected chi connectivity index (χ3v) is 2.17. The minimum atomic E-state index is -0.943. The molecule has 0 amide bonds. The normalized spacial score (nSPS) is 11.3. The molecule has 3 heteroatoms. The molecule has 86 valence electrons. The second-order valence-electron chi connectivity index (χ2n) is 3.89. The minimum Gasteiger partial charge on any atom is -0.489 e. The van der Waals surface area contributed by atoms with E-state index in [9.17, 15) is 4.79 Å². The van der Waals surface area contributed by atoms with Crippen molar-refractivity contribution in [3.63, 3.8) is 0 Å². The molecule has 1 rings (SSSR count).